The van der Waals surface area contributed by atoms with Gasteiger partial charge in [0, 0.05) is 18.0 Å². The van der Waals surface area contributed by atoms with Crippen molar-refractivity contribution in [2.45, 2.75) is 39.2 Å². The number of nitrogens with one attached hydrogen (secondary N) is 1. The van der Waals surface area contributed by atoms with Gasteiger partial charge in [-0.25, -0.2) is 4.98 Å². The van der Waals surface area contributed by atoms with E-state index in [-0.39, 0.29) is 0 Å². The first-order valence-corrected chi connectivity index (χ1v) is 7.10. The Morgan fingerprint density at radius 2 is 2.25 bits per heavy atom. The normalized spacial score (nSPS) is 18.9. The lowest BCUT2D eigenvalue weighted by atomic mass is 10.3. The third-order valence-corrected chi connectivity index (χ3v) is 4.08. The molecule has 1 aromatic heterocycles. The van der Waals surface area contributed by atoms with Crippen molar-refractivity contribution >= 4 is 16.5 Å². The van der Waals surface area contributed by atoms with E-state index < -0.39 is 0 Å². The average molecular weight is 239 g/mol. The van der Waals surface area contributed by atoms with Crippen molar-refractivity contribution in [2.24, 2.45) is 0 Å². The number of aromatic nitrogens is 1. The molecule has 3 nitrogen and oxygen atoms in total. The minimum Gasteiger partial charge on any atom is -0.360 e. The summed E-state index contributed by atoms with van der Waals surface area (Å²) in [5, 5.41) is 6.66. The zero-order valence-electron chi connectivity index (χ0n) is 10.2. The Labute approximate surface area is 102 Å². The van der Waals surface area contributed by atoms with Crippen LogP contribution in [0.1, 0.15) is 32.4 Å². The highest BCUT2D eigenvalue weighted by Gasteiger charge is 2.17. The van der Waals surface area contributed by atoms with Crippen molar-refractivity contribution in [3.63, 3.8) is 0 Å². The molecule has 1 unspecified atom stereocenters. The Morgan fingerprint density at radius 3 is 2.88 bits per heavy atom. The topological polar surface area (TPSA) is 28.2 Å². The minimum atomic E-state index is 0.622. The molecule has 1 aliphatic heterocycles. The number of anilines is 1. The van der Waals surface area contributed by atoms with Gasteiger partial charge in [0.05, 0.1) is 5.69 Å². The van der Waals surface area contributed by atoms with E-state index in [0.29, 0.717) is 6.04 Å². The number of nitrogens with zero attached hydrogens (tertiary/aromatic N) is 2. The van der Waals surface area contributed by atoms with Gasteiger partial charge in [0.25, 0.3) is 0 Å². The summed E-state index contributed by atoms with van der Waals surface area (Å²) >= 11 is 1.72. The molecule has 1 fully saturated rings. The summed E-state index contributed by atoms with van der Waals surface area (Å²) in [5.41, 5.74) is 1.20. The summed E-state index contributed by atoms with van der Waals surface area (Å²) in [6, 6.07) is 0.622. The van der Waals surface area contributed by atoms with Crippen molar-refractivity contribution in [3.05, 3.63) is 11.1 Å². The van der Waals surface area contributed by atoms with Gasteiger partial charge in [-0.1, -0.05) is 6.92 Å². The molecule has 90 valence electrons. The number of hydrogen-bond donors (Lipinski definition) is 1. The molecule has 1 aromatic rings. The molecule has 0 radical (unpaired) electrons. The van der Waals surface area contributed by atoms with Gasteiger partial charge in [-0.15, -0.1) is 11.3 Å². The van der Waals surface area contributed by atoms with E-state index in [1.165, 1.54) is 31.6 Å². The first-order valence-electron chi connectivity index (χ1n) is 6.22. The summed E-state index contributed by atoms with van der Waals surface area (Å²) in [5.74, 6) is 0. The van der Waals surface area contributed by atoms with Crippen LogP contribution in [0, 0.1) is 0 Å². The van der Waals surface area contributed by atoms with E-state index in [9.17, 15) is 0 Å². The molecule has 4 heteroatoms. The minimum absolute atomic E-state index is 0.622. The van der Waals surface area contributed by atoms with Gasteiger partial charge in [0.1, 0.15) is 0 Å². The fourth-order valence-corrected chi connectivity index (χ4v) is 2.90. The van der Waals surface area contributed by atoms with Crippen LogP contribution in [0.5, 0.6) is 0 Å². The van der Waals surface area contributed by atoms with Gasteiger partial charge in [-0.3, -0.25) is 4.90 Å². The lowest BCUT2D eigenvalue weighted by Gasteiger charge is -2.23. The van der Waals surface area contributed by atoms with Gasteiger partial charge >= 0.3 is 0 Å². The first-order chi connectivity index (χ1) is 7.79. The van der Waals surface area contributed by atoms with Crippen LogP contribution in [0.2, 0.25) is 0 Å². The van der Waals surface area contributed by atoms with Crippen molar-refractivity contribution < 1.29 is 0 Å². The van der Waals surface area contributed by atoms with Crippen LogP contribution in [-0.2, 0) is 6.42 Å². The summed E-state index contributed by atoms with van der Waals surface area (Å²) in [7, 11) is 0. The van der Waals surface area contributed by atoms with Gasteiger partial charge < -0.3 is 5.32 Å². The smallest absolute Gasteiger partial charge is 0.182 e. The third-order valence-electron chi connectivity index (χ3n) is 3.23. The second-order valence-electron chi connectivity index (χ2n) is 4.47. The van der Waals surface area contributed by atoms with Crippen molar-refractivity contribution in [2.75, 3.05) is 25.0 Å². The van der Waals surface area contributed by atoms with Gasteiger partial charge in [0.2, 0.25) is 0 Å². The molecule has 0 aromatic carbocycles. The first kappa shape index (κ1) is 11.9. The second-order valence-corrected chi connectivity index (χ2v) is 5.33. The molecule has 0 bridgehead atoms. The largest absolute Gasteiger partial charge is 0.360 e. The van der Waals surface area contributed by atoms with E-state index in [4.69, 9.17) is 0 Å². The summed E-state index contributed by atoms with van der Waals surface area (Å²) in [6.07, 6.45) is 3.75. The summed E-state index contributed by atoms with van der Waals surface area (Å²) < 4.78 is 0. The van der Waals surface area contributed by atoms with Crippen LogP contribution in [-0.4, -0.2) is 35.6 Å². The fraction of sp³-hybridized carbons (Fsp3) is 0.750. The molecule has 0 saturated carbocycles. The zero-order valence-corrected chi connectivity index (χ0v) is 11.0. The van der Waals surface area contributed by atoms with Crippen LogP contribution in [0.15, 0.2) is 5.38 Å². The standard InChI is InChI=1S/C12H21N3S/c1-3-11-9-16-12(14-11)13-8-10(2)15-6-4-5-7-15/h9-10H,3-8H2,1-2H3,(H,13,14). The highest BCUT2D eigenvalue weighted by atomic mass is 32.1. The average Bonchev–Trinajstić information content (AvgIpc) is 2.96. The number of rotatable bonds is 5. The predicted molar refractivity (Wildman–Crippen MR) is 70.3 cm³/mol. The molecular weight excluding hydrogens is 218 g/mol. The van der Waals surface area contributed by atoms with E-state index in [1.807, 2.05) is 0 Å². The lowest BCUT2D eigenvalue weighted by Crippen LogP contribution is -2.35. The zero-order chi connectivity index (χ0) is 11.4. The Morgan fingerprint density at radius 1 is 1.50 bits per heavy atom. The molecule has 0 amide bonds. The monoisotopic (exact) mass is 239 g/mol. The number of hydrogen-bond acceptors (Lipinski definition) is 4. The van der Waals surface area contributed by atoms with Gasteiger partial charge in [0.15, 0.2) is 5.13 Å². The fourth-order valence-electron chi connectivity index (χ4n) is 2.10. The maximum absolute atomic E-state index is 4.52. The molecule has 0 spiro atoms. The molecule has 1 atom stereocenters. The SMILES string of the molecule is CCc1csc(NCC(C)N2CCCC2)n1. The third kappa shape index (κ3) is 2.95. The molecule has 1 N–H and O–H groups in total. The maximum atomic E-state index is 4.52. The van der Waals surface area contributed by atoms with Crippen molar-refractivity contribution in [1.29, 1.82) is 0 Å². The molecule has 0 aliphatic carbocycles. The highest BCUT2D eigenvalue weighted by Crippen LogP contribution is 2.17. The Balaban J connectivity index is 1.77. The van der Waals surface area contributed by atoms with Gasteiger partial charge in [-0.2, -0.15) is 0 Å². The van der Waals surface area contributed by atoms with Gasteiger partial charge in [-0.05, 0) is 39.3 Å². The molecule has 2 heterocycles. The van der Waals surface area contributed by atoms with Crippen molar-refractivity contribution in [3.8, 4) is 0 Å². The summed E-state index contributed by atoms with van der Waals surface area (Å²) in [4.78, 5) is 7.07. The molecule has 1 aliphatic rings. The van der Waals surface area contributed by atoms with Crippen LogP contribution >= 0.6 is 11.3 Å². The van der Waals surface area contributed by atoms with E-state index >= 15 is 0 Å². The number of aryl methyl sites for hydroxylation is 1. The Hall–Kier alpha value is -0.610. The van der Waals surface area contributed by atoms with E-state index in [2.05, 4.69) is 34.4 Å². The van der Waals surface area contributed by atoms with E-state index in [1.54, 1.807) is 11.3 Å². The van der Waals surface area contributed by atoms with Crippen LogP contribution in [0.25, 0.3) is 0 Å². The second kappa shape index (κ2) is 5.64. The predicted octanol–water partition coefficient (Wildman–Crippen LogP) is 2.60. The molecular formula is C12H21N3S. The summed E-state index contributed by atoms with van der Waals surface area (Å²) in [6.45, 7) is 7.98. The molecule has 2 rings (SSSR count). The lowest BCUT2D eigenvalue weighted by molar-refractivity contribution is 0.269. The Kier molecular flexibility index (Phi) is 4.18. The molecule has 1 saturated heterocycles. The van der Waals surface area contributed by atoms with Crippen LogP contribution in [0.4, 0.5) is 5.13 Å². The maximum Gasteiger partial charge on any atom is 0.182 e. The number of likely N-dealkylation sites (tertiary alicyclic amines) is 1. The highest BCUT2D eigenvalue weighted by molar-refractivity contribution is 7.13. The molecule has 16 heavy (non-hydrogen) atoms. The van der Waals surface area contributed by atoms with Crippen LogP contribution in [0.3, 0.4) is 0 Å². The van der Waals surface area contributed by atoms with E-state index in [0.717, 1.165) is 18.1 Å². The quantitative estimate of drug-likeness (QED) is 0.856. The Bertz CT molecular complexity index is 318. The van der Waals surface area contributed by atoms with Crippen LogP contribution < -0.4 is 5.32 Å². The number of thiazole rings is 1. The van der Waals surface area contributed by atoms with Crippen molar-refractivity contribution in [1.82, 2.24) is 9.88 Å².